The van der Waals surface area contributed by atoms with Crippen molar-refractivity contribution in [1.29, 1.82) is 0 Å². The maximum Gasteiger partial charge on any atom is 0.405 e. The van der Waals surface area contributed by atoms with E-state index in [0.717, 1.165) is 5.56 Å². The summed E-state index contributed by atoms with van der Waals surface area (Å²) in [7, 11) is 1.53. The summed E-state index contributed by atoms with van der Waals surface area (Å²) in [5, 5.41) is 0. The number of hydrogen-bond donors (Lipinski definition) is 0. The molecule has 2 unspecified atom stereocenters. The highest BCUT2D eigenvalue weighted by Gasteiger charge is 2.63. The van der Waals surface area contributed by atoms with Gasteiger partial charge in [-0.2, -0.15) is 13.2 Å². The van der Waals surface area contributed by atoms with Crippen LogP contribution in [0.5, 0.6) is 5.75 Å². The average Bonchev–Trinajstić information content (AvgIpc) is 3.19. The molecule has 0 N–H and O–H groups in total. The lowest BCUT2D eigenvalue weighted by Crippen LogP contribution is -2.34. The van der Waals surface area contributed by atoms with Gasteiger partial charge >= 0.3 is 12.1 Å². The van der Waals surface area contributed by atoms with Gasteiger partial charge in [-0.25, -0.2) is 4.79 Å². The van der Waals surface area contributed by atoms with Gasteiger partial charge < -0.3 is 14.2 Å². The molecule has 4 atom stereocenters. The fourth-order valence-corrected chi connectivity index (χ4v) is 3.30. The number of cyclic esters (lactones) is 1. The van der Waals surface area contributed by atoms with Crippen LogP contribution in [-0.2, 0) is 20.8 Å². The SMILES string of the molecule is COc1ccc(CN2[C@H](COC3C(=O)OCC3(C)C)[C@@H]2C(F)(F)F)cc1. The first-order valence-electron chi connectivity index (χ1n) is 8.37. The first-order valence-corrected chi connectivity index (χ1v) is 8.37. The number of benzene rings is 1. The molecule has 1 aromatic rings. The molecular formula is C18H22F3NO4. The second kappa shape index (κ2) is 6.74. The molecule has 2 heterocycles. The van der Waals surface area contributed by atoms with E-state index in [-0.39, 0.29) is 19.8 Å². The van der Waals surface area contributed by atoms with Crippen LogP contribution in [0.25, 0.3) is 0 Å². The molecule has 0 bridgehead atoms. The van der Waals surface area contributed by atoms with Gasteiger partial charge in [-0.15, -0.1) is 0 Å². The molecule has 2 saturated heterocycles. The van der Waals surface area contributed by atoms with Crippen LogP contribution in [-0.4, -0.2) is 55.6 Å². The Balaban J connectivity index is 1.64. The summed E-state index contributed by atoms with van der Waals surface area (Å²) in [6, 6.07) is 4.53. The average molecular weight is 373 g/mol. The second-order valence-corrected chi connectivity index (χ2v) is 7.38. The Hall–Kier alpha value is -1.80. The minimum Gasteiger partial charge on any atom is -0.497 e. The van der Waals surface area contributed by atoms with Crippen molar-refractivity contribution in [2.75, 3.05) is 20.3 Å². The number of ether oxygens (including phenoxy) is 3. The summed E-state index contributed by atoms with van der Waals surface area (Å²) in [5.41, 5.74) is 0.212. The molecule has 0 spiro atoms. The van der Waals surface area contributed by atoms with Crippen LogP contribution < -0.4 is 4.74 Å². The second-order valence-electron chi connectivity index (χ2n) is 7.38. The van der Waals surface area contributed by atoms with Crippen molar-refractivity contribution < 1.29 is 32.2 Å². The molecule has 0 aromatic heterocycles. The Morgan fingerprint density at radius 3 is 2.42 bits per heavy atom. The van der Waals surface area contributed by atoms with E-state index in [0.29, 0.717) is 5.75 Å². The zero-order valence-electron chi connectivity index (χ0n) is 14.9. The maximum absolute atomic E-state index is 13.3. The van der Waals surface area contributed by atoms with Crippen molar-refractivity contribution >= 4 is 5.97 Å². The van der Waals surface area contributed by atoms with E-state index >= 15 is 0 Å². The number of rotatable bonds is 6. The largest absolute Gasteiger partial charge is 0.497 e. The summed E-state index contributed by atoms with van der Waals surface area (Å²) in [5.74, 6) is 0.134. The fourth-order valence-electron chi connectivity index (χ4n) is 3.30. The van der Waals surface area contributed by atoms with Crippen LogP contribution in [0.4, 0.5) is 13.2 Å². The van der Waals surface area contributed by atoms with E-state index in [1.165, 1.54) is 12.0 Å². The van der Waals surface area contributed by atoms with Crippen molar-refractivity contribution in [3.05, 3.63) is 29.8 Å². The van der Waals surface area contributed by atoms with Gasteiger partial charge in [-0.3, -0.25) is 4.90 Å². The van der Waals surface area contributed by atoms with Gasteiger partial charge in [0.15, 0.2) is 6.10 Å². The number of alkyl halides is 3. The Morgan fingerprint density at radius 2 is 1.92 bits per heavy atom. The summed E-state index contributed by atoms with van der Waals surface area (Å²) in [4.78, 5) is 13.1. The van der Waals surface area contributed by atoms with Gasteiger partial charge in [0.05, 0.1) is 26.4 Å². The van der Waals surface area contributed by atoms with Gasteiger partial charge in [0.2, 0.25) is 0 Å². The van der Waals surface area contributed by atoms with Crippen molar-refractivity contribution in [3.8, 4) is 5.75 Å². The van der Waals surface area contributed by atoms with Gasteiger partial charge in [0, 0.05) is 12.0 Å². The van der Waals surface area contributed by atoms with Gasteiger partial charge in [-0.1, -0.05) is 26.0 Å². The van der Waals surface area contributed by atoms with Crippen LogP contribution >= 0.6 is 0 Å². The van der Waals surface area contributed by atoms with Crippen molar-refractivity contribution in [3.63, 3.8) is 0 Å². The first-order chi connectivity index (χ1) is 12.1. The van der Waals surface area contributed by atoms with Crippen LogP contribution in [0, 0.1) is 5.41 Å². The predicted molar refractivity (Wildman–Crippen MR) is 86.6 cm³/mol. The quantitative estimate of drug-likeness (QED) is 0.567. The normalized spacial score (nSPS) is 30.2. The van der Waals surface area contributed by atoms with Crippen molar-refractivity contribution in [2.24, 2.45) is 5.41 Å². The highest BCUT2D eigenvalue weighted by atomic mass is 19.4. The lowest BCUT2D eigenvalue weighted by atomic mass is 9.90. The number of halogens is 3. The highest BCUT2D eigenvalue weighted by Crippen LogP contribution is 2.43. The Labute approximate surface area is 150 Å². The number of nitrogens with zero attached hydrogens (tertiary/aromatic N) is 1. The topological polar surface area (TPSA) is 47.8 Å². The lowest BCUT2D eigenvalue weighted by Gasteiger charge is -2.21. The standard InChI is InChI=1S/C18H22F3NO4/c1-17(2)10-26-16(23)15(17)25-9-13-14(18(19,20)21)22(13)8-11-4-6-12(24-3)7-5-11/h4-7,13-15H,8-10H2,1-3H3/t13-,14-,15?,22?/m1/s1. The number of carbonyl (C=O) groups excluding carboxylic acids is 1. The van der Waals surface area contributed by atoms with E-state index in [4.69, 9.17) is 14.2 Å². The summed E-state index contributed by atoms with van der Waals surface area (Å²) >= 11 is 0. The predicted octanol–water partition coefficient (Wildman–Crippen LogP) is 2.78. The van der Waals surface area contributed by atoms with Crippen LogP contribution in [0.15, 0.2) is 24.3 Å². The molecule has 0 amide bonds. The third-order valence-corrected chi connectivity index (χ3v) is 4.86. The van der Waals surface area contributed by atoms with Gasteiger partial charge in [-0.05, 0) is 17.7 Å². The third kappa shape index (κ3) is 3.81. The number of methoxy groups -OCH3 is 1. The van der Waals surface area contributed by atoms with Gasteiger partial charge in [0.25, 0.3) is 0 Å². The van der Waals surface area contributed by atoms with E-state index in [1.54, 1.807) is 38.1 Å². The molecule has 0 radical (unpaired) electrons. The van der Waals surface area contributed by atoms with Crippen LogP contribution in [0.3, 0.4) is 0 Å². The molecule has 2 aliphatic rings. The van der Waals surface area contributed by atoms with E-state index in [1.807, 2.05) is 0 Å². The summed E-state index contributed by atoms with van der Waals surface area (Å²) < 4.78 is 55.4. The van der Waals surface area contributed by atoms with Gasteiger partial charge in [0.1, 0.15) is 11.8 Å². The Kier molecular flexibility index (Phi) is 4.92. The molecule has 5 nitrogen and oxygen atoms in total. The summed E-state index contributed by atoms with van der Waals surface area (Å²) in [6.45, 7) is 3.79. The molecule has 8 heteroatoms. The van der Waals surface area contributed by atoms with Crippen molar-refractivity contribution in [1.82, 2.24) is 4.90 Å². The third-order valence-electron chi connectivity index (χ3n) is 4.86. The Bertz CT molecular complexity index is 659. The van der Waals surface area contributed by atoms with E-state index in [9.17, 15) is 18.0 Å². The number of esters is 1. The molecule has 0 saturated carbocycles. The first kappa shape index (κ1) is 19.0. The molecule has 1 aromatic carbocycles. The summed E-state index contributed by atoms with van der Waals surface area (Å²) in [6.07, 6.45) is -5.17. The van der Waals surface area contributed by atoms with Crippen LogP contribution in [0.2, 0.25) is 0 Å². The van der Waals surface area contributed by atoms with Crippen molar-refractivity contribution in [2.45, 2.75) is 44.8 Å². The fraction of sp³-hybridized carbons (Fsp3) is 0.611. The minimum atomic E-state index is -4.34. The molecule has 2 aliphatic heterocycles. The molecule has 26 heavy (non-hydrogen) atoms. The number of hydrogen-bond acceptors (Lipinski definition) is 5. The smallest absolute Gasteiger partial charge is 0.405 e. The molecule has 3 rings (SSSR count). The maximum atomic E-state index is 13.3. The Morgan fingerprint density at radius 1 is 1.27 bits per heavy atom. The molecule has 2 fully saturated rings. The molecular weight excluding hydrogens is 351 g/mol. The monoisotopic (exact) mass is 373 g/mol. The lowest BCUT2D eigenvalue weighted by molar-refractivity contribution is -0.148. The minimum absolute atomic E-state index is 0.153. The molecule has 0 aliphatic carbocycles. The van der Waals surface area contributed by atoms with Crippen LogP contribution in [0.1, 0.15) is 19.4 Å². The van der Waals surface area contributed by atoms with E-state index in [2.05, 4.69) is 0 Å². The molecule has 144 valence electrons. The highest BCUT2D eigenvalue weighted by molar-refractivity contribution is 5.77. The number of carbonyl (C=O) groups is 1. The zero-order chi connectivity index (χ0) is 19.1. The zero-order valence-corrected chi connectivity index (χ0v) is 14.9. The van der Waals surface area contributed by atoms with E-state index < -0.39 is 35.7 Å².